The molecule has 1 heterocycles. The Morgan fingerprint density at radius 1 is 1.37 bits per heavy atom. The van der Waals surface area contributed by atoms with E-state index in [0.717, 1.165) is 5.56 Å². The van der Waals surface area contributed by atoms with E-state index in [-0.39, 0.29) is 0 Å². The van der Waals surface area contributed by atoms with Crippen molar-refractivity contribution in [2.45, 2.75) is 0 Å². The Morgan fingerprint density at radius 2 is 2.21 bits per heavy atom. The van der Waals surface area contributed by atoms with E-state index in [4.69, 9.17) is 15.3 Å². The number of hydrogen-bond donors (Lipinski definition) is 1. The van der Waals surface area contributed by atoms with Gasteiger partial charge in [0.1, 0.15) is 4.88 Å². The van der Waals surface area contributed by atoms with E-state index in [1.807, 2.05) is 5.38 Å². The van der Waals surface area contributed by atoms with Crippen LogP contribution in [0.15, 0.2) is 40.8 Å². The van der Waals surface area contributed by atoms with Crippen molar-refractivity contribution in [2.75, 3.05) is 7.11 Å². The summed E-state index contributed by atoms with van der Waals surface area (Å²) in [6.45, 7) is 0. The lowest BCUT2D eigenvalue weighted by Gasteiger charge is -2.09. The molecule has 0 unspecified atom stereocenters. The van der Waals surface area contributed by atoms with Crippen molar-refractivity contribution in [1.82, 2.24) is 0 Å². The van der Waals surface area contributed by atoms with Crippen LogP contribution in [0.4, 0.5) is 0 Å². The molecule has 1 aromatic carbocycles. The van der Waals surface area contributed by atoms with Crippen LogP contribution in [0, 0.1) is 0 Å². The monoisotopic (exact) mass is 276 g/mol. The van der Waals surface area contributed by atoms with Gasteiger partial charge in [0.2, 0.25) is 0 Å². The van der Waals surface area contributed by atoms with Gasteiger partial charge in [-0.05, 0) is 35.2 Å². The summed E-state index contributed by atoms with van der Waals surface area (Å²) in [5, 5.41) is 5.24. The minimum Gasteiger partial charge on any atom is -0.493 e. The molecule has 0 saturated heterocycles. The number of carbonyl (C=O) groups excluding carboxylic acids is 1. The highest BCUT2D eigenvalue weighted by Crippen LogP contribution is 2.28. The molecule has 2 rings (SSSR count). The van der Waals surface area contributed by atoms with Crippen LogP contribution in [0.25, 0.3) is 0 Å². The van der Waals surface area contributed by atoms with Crippen LogP contribution >= 0.6 is 11.3 Å². The van der Waals surface area contributed by atoms with Gasteiger partial charge in [0.25, 0.3) is 0 Å². The van der Waals surface area contributed by atoms with Gasteiger partial charge in [-0.25, -0.2) is 4.79 Å². The summed E-state index contributed by atoms with van der Waals surface area (Å²) in [4.78, 5) is 12.4. The van der Waals surface area contributed by atoms with Crippen LogP contribution in [0.1, 0.15) is 15.2 Å². The number of rotatable bonds is 4. The third kappa shape index (κ3) is 3.11. The standard InChI is InChI=1S/C13H12N2O3S/c1-17-11-7-9(8-15-14)4-5-10(11)18-13(16)12-3-2-6-19-12/h2-8H,14H2,1H3. The van der Waals surface area contributed by atoms with Gasteiger partial charge in [-0.15, -0.1) is 11.3 Å². The average Bonchev–Trinajstić information content (AvgIpc) is 2.94. The summed E-state index contributed by atoms with van der Waals surface area (Å²) in [5.41, 5.74) is 0.760. The molecule has 98 valence electrons. The first kappa shape index (κ1) is 13.1. The second kappa shape index (κ2) is 6.01. The highest BCUT2D eigenvalue weighted by Gasteiger charge is 2.13. The van der Waals surface area contributed by atoms with Crippen molar-refractivity contribution >= 4 is 23.5 Å². The first-order valence-corrected chi connectivity index (χ1v) is 6.29. The van der Waals surface area contributed by atoms with E-state index in [1.165, 1.54) is 24.7 Å². The van der Waals surface area contributed by atoms with Gasteiger partial charge in [-0.1, -0.05) is 6.07 Å². The summed E-state index contributed by atoms with van der Waals surface area (Å²) in [7, 11) is 1.50. The molecular formula is C13H12N2O3S. The molecule has 0 fully saturated rings. The largest absolute Gasteiger partial charge is 0.493 e. The number of thiophene rings is 1. The number of benzene rings is 1. The molecule has 5 nitrogen and oxygen atoms in total. The van der Waals surface area contributed by atoms with Crippen LogP contribution in [0.2, 0.25) is 0 Å². The van der Waals surface area contributed by atoms with Gasteiger partial charge in [0, 0.05) is 0 Å². The average molecular weight is 276 g/mol. The SMILES string of the molecule is COc1cc(C=NN)ccc1OC(=O)c1cccs1. The summed E-state index contributed by atoms with van der Waals surface area (Å²) in [6, 6.07) is 8.55. The third-order valence-electron chi connectivity index (χ3n) is 2.34. The number of ether oxygens (including phenoxy) is 2. The van der Waals surface area contributed by atoms with Crippen molar-refractivity contribution in [3.63, 3.8) is 0 Å². The second-order valence-corrected chi connectivity index (χ2v) is 4.50. The van der Waals surface area contributed by atoms with Crippen LogP contribution in [0.5, 0.6) is 11.5 Å². The lowest BCUT2D eigenvalue weighted by molar-refractivity contribution is 0.0735. The third-order valence-corrected chi connectivity index (χ3v) is 3.19. The fourth-order valence-electron chi connectivity index (χ4n) is 1.48. The molecule has 6 heteroatoms. The maximum atomic E-state index is 11.8. The summed E-state index contributed by atoms with van der Waals surface area (Å²) in [5.74, 6) is 5.47. The van der Waals surface area contributed by atoms with Crippen molar-refractivity contribution < 1.29 is 14.3 Å². The van der Waals surface area contributed by atoms with Gasteiger partial charge in [-0.3, -0.25) is 0 Å². The molecule has 0 bridgehead atoms. The molecule has 1 aromatic heterocycles. The molecule has 2 N–H and O–H groups in total. The molecule has 0 aliphatic heterocycles. The minimum absolute atomic E-state index is 0.357. The zero-order valence-corrected chi connectivity index (χ0v) is 11.0. The number of hydrogen-bond acceptors (Lipinski definition) is 6. The summed E-state index contributed by atoms with van der Waals surface area (Å²) >= 11 is 1.32. The lowest BCUT2D eigenvalue weighted by atomic mass is 10.2. The Morgan fingerprint density at radius 3 is 2.84 bits per heavy atom. The Balaban J connectivity index is 2.22. The van der Waals surface area contributed by atoms with E-state index in [0.29, 0.717) is 16.4 Å². The van der Waals surface area contributed by atoms with E-state index < -0.39 is 5.97 Å². The summed E-state index contributed by atoms with van der Waals surface area (Å²) < 4.78 is 10.5. The maximum absolute atomic E-state index is 11.8. The van der Waals surface area contributed by atoms with Crippen LogP contribution in [-0.2, 0) is 0 Å². The predicted octanol–water partition coefficient (Wildman–Crippen LogP) is 2.27. The van der Waals surface area contributed by atoms with Gasteiger partial charge in [-0.2, -0.15) is 5.10 Å². The topological polar surface area (TPSA) is 73.9 Å². The molecule has 0 aliphatic rings. The van der Waals surface area contributed by atoms with Gasteiger partial charge in [0.15, 0.2) is 11.5 Å². The maximum Gasteiger partial charge on any atom is 0.353 e. The molecule has 0 aliphatic carbocycles. The predicted molar refractivity (Wildman–Crippen MR) is 74.1 cm³/mol. The molecule has 0 radical (unpaired) electrons. The number of esters is 1. The van der Waals surface area contributed by atoms with E-state index in [1.54, 1.807) is 30.3 Å². The number of nitrogens with two attached hydrogens (primary N) is 1. The quantitative estimate of drug-likeness (QED) is 0.305. The van der Waals surface area contributed by atoms with Crippen LogP contribution in [0.3, 0.4) is 0 Å². The van der Waals surface area contributed by atoms with E-state index >= 15 is 0 Å². The Labute approximate surface area is 114 Å². The number of carbonyl (C=O) groups is 1. The number of hydrazone groups is 1. The summed E-state index contributed by atoms with van der Waals surface area (Å²) in [6.07, 6.45) is 1.48. The Kier molecular flexibility index (Phi) is 4.15. The fourth-order valence-corrected chi connectivity index (χ4v) is 2.08. The van der Waals surface area contributed by atoms with Crippen molar-refractivity contribution in [1.29, 1.82) is 0 Å². The fraction of sp³-hybridized carbons (Fsp3) is 0.0769. The molecule has 19 heavy (non-hydrogen) atoms. The lowest BCUT2D eigenvalue weighted by Crippen LogP contribution is -2.07. The Bertz CT molecular complexity index is 594. The van der Waals surface area contributed by atoms with E-state index in [9.17, 15) is 4.79 Å². The van der Waals surface area contributed by atoms with Crippen molar-refractivity contribution in [3.05, 3.63) is 46.2 Å². The van der Waals surface area contributed by atoms with Crippen LogP contribution in [-0.4, -0.2) is 19.3 Å². The second-order valence-electron chi connectivity index (χ2n) is 3.56. The van der Waals surface area contributed by atoms with Gasteiger partial charge >= 0.3 is 5.97 Å². The van der Waals surface area contributed by atoms with Crippen LogP contribution < -0.4 is 15.3 Å². The number of nitrogens with zero attached hydrogens (tertiary/aromatic N) is 1. The Hall–Kier alpha value is -2.34. The van der Waals surface area contributed by atoms with E-state index in [2.05, 4.69) is 5.10 Å². The zero-order chi connectivity index (χ0) is 13.7. The first-order valence-electron chi connectivity index (χ1n) is 5.41. The molecule has 0 amide bonds. The van der Waals surface area contributed by atoms with Gasteiger partial charge in [0.05, 0.1) is 13.3 Å². The number of methoxy groups -OCH3 is 1. The minimum atomic E-state index is -0.409. The van der Waals surface area contributed by atoms with Crippen molar-refractivity contribution in [2.24, 2.45) is 10.9 Å². The first-order chi connectivity index (χ1) is 9.24. The molecule has 0 spiro atoms. The van der Waals surface area contributed by atoms with Gasteiger partial charge < -0.3 is 15.3 Å². The smallest absolute Gasteiger partial charge is 0.353 e. The highest BCUT2D eigenvalue weighted by molar-refractivity contribution is 7.12. The highest BCUT2D eigenvalue weighted by atomic mass is 32.1. The molecule has 0 atom stereocenters. The zero-order valence-electron chi connectivity index (χ0n) is 10.2. The molecular weight excluding hydrogens is 264 g/mol. The normalized spacial score (nSPS) is 10.6. The molecule has 0 saturated carbocycles. The molecule has 2 aromatic rings. The van der Waals surface area contributed by atoms with Crippen molar-refractivity contribution in [3.8, 4) is 11.5 Å².